The van der Waals surface area contributed by atoms with Gasteiger partial charge in [0.05, 0.1) is 23.6 Å². The van der Waals surface area contributed by atoms with Crippen molar-refractivity contribution in [2.24, 2.45) is 5.73 Å². The third-order valence-electron chi connectivity index (χ3n) is 3.49. The maximum Gasteiger partial charge on any atom is 0.0998 e. The molecular formula is C16H24N4. The van der Waals surface area contributed by atoms with Crippen LogP contribution in [0.2, 0.25) is 0 Å². The summed E-state index contributed by atoms with van der Waals surface area (Å²) in [6.07, 6.45) is 3.91. The van der Waals surface area contributed by atoms with Crippen molar-refractivity contribution >= 4 is 0 Å². The fourth-order valence-electron chi connectivity index (χ4n) is 2.15. The van der Waals surface area contributed by atoms with Crippen LogP contribution in [0.1, 0.15) is 57.8 Å². The van der Waals surface area contributed by atoms with Gasteiger partial charge in [0, 0.05) is 0 Å². The lowest BCUT2D eigenvalue weighted by Crippen LogP contribution is -2.11. The van der Waals surface area contributed by atoms with Gasteiger partial charge < -0.3 is 5.73 Å². The Morgan fingerprint density at radius 2 is 1.85 bits per heavy atom. The first-order chi connectivity index (χ1) is 9.41. The molecule has 1 aromatic carbocycles. The Bertz CT molecular complexity index is 549. The van der Waals surface area contributed by atoms with Gasteiger partial charge in [-0.05, 0) is 29.5 Å². The van der Waals surface area contributed by atoms with E-state index in [1.807, 2.05) is 6.20 Å². The van der Waals surface area contributed by atoms with Crippen LogP contribution in [-0.2, 0) is 5.41 Å². The molecule has 1 atom stereocenters. The summed E-state index contributed by atoms with van der Waals surface area (Å²) in [6, 6.07) is 8.41. The topological polar surface area (TPSA) is 56.7 Å². The Hall–Kier alpha value is -1.68. The summed E-state index contributed by atoms with van der Waals surface area (Å²) in [5.74, 6) is 0. The molecule has 0 aliphatic rings. The standard InChI is InChI=1S/C16H24N4/c1-5-6-14(17)15-11-20(19-18-15)13-9-7-12(8-10-13)16(2,3)4/h7-11,14H,5-6,17H2,1-4H3. The van der Waals surface area contributed by atoms with Crippen LogP contribution in [-0.4, -0.2) is 15.0 Å². The van der Waals surface area contributed by atoms with Gasteiger partial charge in [0.2, 0.25) is 0 Å². The van der Waals surface area contributed by atoms with Crippen molar-refractivity contribution < 1.29 is 0 Å². The molecule has 0 radical (unpaired) electrons. The quantitative estimate of drug-likeness (QED) is 0.928. The highest BCUT2D eigenvalue weighted by Gasteiger charge is 2.14. The largest absolute Gasteiger partial charge is 0.323 e. The number of rotatable bonds is 4. The van der Waals surface area contributed by atoms with Crippen molar-refractivity contribution in [3.63, 3.8) is 0 Å². The first-order valence-corrected chi connectivity index (χ1v) is 7.20. The molecule has 4 heteroatoms. The molecule has 2 N–H and O–H groups in total. The molecule has 1 aromatic heterocycles. The highest BCUT2D eigenvalue weighted by atomic mass is 15.4. The number of nitrogens with two attached hydrogens (primary N) is 1. The van der Waals surface area contributed by atoms with Crippen molar-refractivity contribution in [3.8, 4) is 5.69 Å². The Morgan fingerprint density at radius 1 is 1.20 bits per heavy atom. The summed E-state index contributed by atoms with van der Waals surface area (Å²) in [5.41, 5.74) is 9.40. The Kier molecular flexibility index (Phi) is 4.23. The van der Waals surface area contributed by atoms with Crippen LogP contribution in [0, 0.1) is 0 Å². The van der Waals surface area contributed by atoms with Gasteiger partial charge in [-0.1, -0.05) is 51.5 Å². The molecule has 1 heterocycles. The van der Waals surface area contributed by atoms with Crippen LogP contribution in [0.4, 0.5) is 0 Å². The lowest BCUT2D eigenvalue weighted by molar-refractivity contribution is 0.590. The highest BCUT2D eigenvalue weighted by Crippen LogP contribution is 2.23. The minimum atomic E-state index is -0.0254. The fraction of sp³-hybridized carbons (Fsp3) is 0.500. The molecule has 20 heavy (non-hydrogen) atoms. The summed E-state index contributed by atoms with van der Waals surface area (Å²) < 4.78 is 1.79. The predicted molar refractivity (Wildman–Crippen MR) is 81.9 cm³/mol. The summed E-state index contributed by atoms with van der Waals surface area (Å²) in [5, 5.41) is 8.34. The highest BCUT2D eigenvalue weighted by molar-refractivity contribution is 5.36. The molecule has 0 fully saturated rings. The van der Waals surface area contributed by atoms with E-state index in [2.05, 4.69) is 62.3 Å². The van der Waals surface area contributed by atoms with Gasteiger partial charge in [-0.15, -0.1) is 5.10 Å². The number of hydrogen-bond acceptors (Lipinski definition) is 3. The van der Waals surface area contributed by atoms with Gasteiger partial charge in [-0.2, -0.15) is 0 Å². The van der Waals surface area contributed by atoms with Crippen molar-refractivity contribution in [1.82, 2.24) is 15.0 Å². The van der Waals surface area contributed by atoms with Crippen LogP contribution in [0.15, 0.2) is 30.5 Å². The summed E-state index contributed by atoms with van der Waals surface area (Å²) in [4.78, 5) is 0. The van der Waals surface area contributed by atoms with Crippen LogP contribution in [0.5, 0.6) is 0 Å². The zero-order valence-corrected chi connectivity index (χ0v) is 12.8. The van der Waals surface area contributed by atoms with Gasteiger partial charge in [0.1, 0.15) is 0 Å². The van der Waals surface area contributed by atoms with E-state index in [4.69, 9.17) is 5.73 Å². The molecule has 4 nitrogen and oxygen atoms in total. The van der Waals surface area contributed by atoms with Crippen molar-refractivity contribution in [2.45, 2.75) is 52.0 Å². The maximum atomic E-state index is 6.06. The van der Waals surface area contributed by atoms with Gasteiger partial charge in [-0.3, -0.25) is 0 Å². The molecule has 0 bridgehead atoms. The fourth-order valence-corrected chi connectivity index (χ4v) is 2.15. The van der Waals surface area contributed by atoms with E-state index >= 15 is 0 Å². The van der Waals surface area contributed by atoms with Crippen LogP contribution >= 0.6 is 0 Å². The van der Waals surface area contributed by atoms with E-state index in [1.54, 1.807) is 4.68 Å². The van der Waals surface area contributed by atoms with Gasteiger partial charge in [-0.25, -0.2) is 4.68 Å². The van der Waals surface area contributed by atoms with E-state index in [0.717, 1.165) is 24.2 Å². The average molecular weight is 272 g/mol. The minimum Gasteiger partial charge on any atom is -0.323 e. The smallest absolute Gasteiger partial charge is 0.0998 e. The molecule has 2 rings (SSSR count). The van der Waals surface area contributed by atoms with E-state index in [1.165, 1.54) is 5.56 Å². The monoisotopic (exact) mass is 272 g/mol. The van der Waals surface area contributed by atoms with Crippen molar-refractivity contribution in [3.05, 3.63) is 41.7 Å². The summed E-state index contributed by atoms with van der Waals surface area (Å²) in [6.45, 7) is 8.74. The first kappa shape index (κ1) is 14.7. The molecule has 2 aromatic rings. The molecule has 0 spiro atoms. The molecule has 108 valence electrons. The molecule has 1 unspecified atom stereocenters. The van der Waals surface area contributed by atoms with E-state index < -0.39 is 0 Å². The van der Waals surface area contributed by atoms with Crippen LogP contribution in [0.3, 0.4) is 0 Å². The number of benzene rings is 1. The van der Waals surface area contributed by atoms with Crippen LogP contribution < -0.4 is 5.73 Å². The van der Waals surface area contributed by atoms with E-state index in [-0.39, 0.29) is 11.5 Å². The Balaban J connectivity index is 2.20. The number of nitrogens with zero attached hydrogens (tertiary/aromatic N) is 3. The summed E-state index contributed by atoms with van der Waals surface area (Å²) >= 11 is 0. The zero-order chi connectivity index (χ0) is 14.8. The normalized spacial score (nSPS) is 13.4. The lowest BCUT2D eigenvalue weighted by atomic mass is 9.87. The average Bonchev–Trinajstić information content (AvgIpc) is 2.88. The van der Waals surface area contributed by atoms with Gasteiger partial charge in [0.15, 0.2) is 0 Å². The second-order valence-electron chi connectivity index (χ2n) is 6.28. The second-order valence-corrected chi connectivity index (χ2v) is 6.28. The molecule has 0 aliphatic heterocycles. The van der Waals surface area contributed by atoms with Gasteiger partial charge in [0.25, 0.3) is 0 Å². The molecule has 0 amide bonds. The zero-order valence-electron chi connectivity index (χ0n) is 12.8. The van der Waals surface area contributed by atoms with Crippen LogP contribution in [0.25, 0.3) is 5.69 Å². The lowest BCUT2D eigenvalue weighted by Gasteiger charge is -2.19. The molecular weight excluding hydrogens is 248 g/mol. The maximum absolute atomic E-state index is 6.06. The van der Waals surface area contributed by atoms with Crippen molar-refractivity contribution in [1.29, 1.82) is 0 Å². The van der Waals surface area contributed by atoms with Gasteiger partial charge >= 0.3 is 0 Å². The Labute approximate surface area is 121 Å². The first-order valence-electron chi connectivity index (χ1n) is 7.20. The molecule has 0 aliphatic carbocycles. The molecule has 0 saturated heterocycles. The van der Waals surface area contributed by atoms with Crippen molar-refractivity contribution in [2.75, 3.05) is 0 Å². The Morgan fingerprint density at radius 3 is 2.40 bits per heavy atom. The minimum absolute atomic E-state index is 0.0254. The number of hydrogen-bond donors (Lipinski definition) is 1. The second kappa shape index (κ2) is 5.75. The summed E-state index contributed by atoms with van der Waals surface area (Å²) in [7, 11) is 0. The number of aromatic nitrogens is 3. The predicted octanol–water partition coefficient (Wildman–Crippen LogP) is 3.36. The SMILES string of the molecule is CCCC(N)c1cn(-c2ccc(C(C)(C)C)cc2)nn1. The molecule has 0 saturated carbocycles. The third-order valence-corrected chi connectivity index (χ3v) is 3.49. The third kappa shape index (κ3) is 3.25. The van der Waals surface area contributed by atoms with E-state index in [9.17, 15) is 0 Å². The van der Waals surface area contributed by atoms with E-state index in [0.29, 0.717) is 0 Å².